The van der Waals surface area contributed by atoms with Gasteiger partial charge in [-0.25, -0.2) is 4.79 Å². The molecule has 0 fully saturated rings. The van der Waals surface area contributed by atoms with Gasteiger partial charge in [0.2, 0.25) is 11.8 Å². The van der Waals surface area contributed by atoms with Crippen LogP contribution in [-0.2, 0) is 23.9 Å². The van der Waals surface area contributed by atoms with E-state index in [0.717, 1.165) is 57.8 Å². The van der Waals surface area contributed by atoms with Crippen molar-refractivity contribution in [2.75, 3.05) is 13.2 Å². The summed E-state index contributed by atoms with van der Waals surface area (Å²) >= 11 is 0. The van der Waals surface area contributed by atoms with E-state index < -0.39 is 24.5 Å². The van der Waals surface area contributed by atoms with Crippen LogP contribution in [0.2, 0.25) is 0 Å². The van der Waals surface area contributed by atoms with Gasteiger partial charge in [-0.2, -0.15) is 0 Å². The molecule has 0 aromatic heterocycles. The van der Waals surface area contributed by atoms with Crippen LogP contribution in [0, 0.1) is 0 Å². The number of allylic oxidation sites excluding steroid dienone is 7. The Labute approximate surface area is 265 Å². The first kappa shape index (κ1) is 40.8. The van der Waals surface area contributed by atoms with Gasteiger partial charge >= 0.3 is 11.9 Å². The molecule has 0 saturated carbocycles. The summed E-state index contributed by atoms with van der Waals surface area (Å²) in [5.74, 6) is -2.51. The number of amides is 2. The number of carboxylic acid groups (broad SMARTS) is 1. The molecular formula is C35H58N2O7. The number of ether oxygens (including phenoxy) is 1. The number of esters is 1. The summed E-state index contributed by atoms with van der Waals surface area (Å²) in [5, 5.41) is 22.4. The first-order chi connectivity index (χ1) is 21.3. The van der Waals surface area contributed by atoms with Crippen LogP contribution in [0.5, 0.6) is 0 Å². The predicted molar refractivity (Wildman–Crippen MR) is 176 cm³/mol. The highest BCUT2D eigenvalue weighted by molar-refractivity contribution is 5.87. The highest BCUT2D eigenvalue weighted by Crippen LogP contribution is 2.14. The van der Waals surface area contributed by atoms with Gasteiger partial charge in [-0.15, -0.1) is 0 Å². The average Bonchev–Trinajstić information content (AvgIpc) is 3.00. The number of hydrogen-bond acceptors (Lipinski definition) is 6. The van der Waals surface area contributed by atoms with Crippen molar-refractivity contribution in [1.82, 2.24) is 10.6 Å². The summed E-state index contributed by atoms with van der Waals surface area (Å²) in [7, 11) is 0. The summed E-state index contributed by atoms with van der Waals surface area (Å²) in [5.41, 5.74) is 0. The van der Waals surface area contributed by atoms with Crippen LogP contribution in [-0.4, -0.2) is 59.3 Å². The summed E-state index contributed by atoms with van der Waals surface area (Å²) in [6.07, 6.45) is 31.6. The Morgan fingerprint density at radius 3 is 1.89 bits per heavy atom. The number of aliphatic hydroxyl groups is 1. The molecule has 2 atom stereocenters. The quantitative estimate of drug-likeness (QED) is 0.0447. The topological polar surface area (TPSA) is 142 Å². The van der Waals surface area contributed by atoms with Gasteiger partial charge in [-0.1, -0.05) is 101 Å². The van der Waals surface area contributed by atoms with Crippen molar-refractivity contribution in [2.24, 2.45) is 0 Å². The third kappa shape index (κ3) is 26.4. The summed E-state index contributed by atoms with van der Waals surface area (Å²) in [4.78, 5) is 47.2. The fourth-order valence-corrected chi connectivity index (χ4v) is 4.27. The molecule has 0 bridgehead atoms. The van der Waals surface area contributed by atoms with Gasteiger partial charge in [-0.3, -0.25) is 14.4 Å². The van der Waals surface area contributed by atoms with Crippen molar-refractivity contribution in [3.63, 3.8) is 0 Å². The van der Waals surface area contributed by atoms with Gasteiger partial charge in [0.05, 0.1) is 13.2 Å². The molecule has 0 aromatic rings. The fourth-order valence-electron chi connectivity index (χ4n) is 4.27. The molecule has 2 unspecified atom stereocenters. The van der Waals surface area contributed by atoms with E-state index in [1.807, 2.05) is 12.2 Å². The Morgan fingerprint density at radius 2 is 1.27 bits per heavy atom. The number of nitrogens with one attached hydrogen (secondary N) is 2. The Morgan fingerprint density at radius 1 is 0.705 bits per heavy atom. The van der Waals surface area contributed by atoms with E-state index in [2.05, 4.69) is 60.9 Å². The Kier molecular flexibility index (Phi) is 27.7. The van der Waals surface area contributed by atoms with Crippen LogP contribution in [0.4, 0.5) is 0 Å². The first-order valence-electron chi connectivity index (χ1n) is 16.5. The standard InChI is InChI=1S/C35H58N2O7/c1-3-5-7-9-11-12-13-14-16-17-20-24-30(44-34(41)27-23-18-15-10-8-6-4-2)25-21-19-22-26-32(39)36-28-33(40)37-31(29-38)35(42)43/h5,7,11-12,14,16,20,24,30-31,38H,3-4,6,8-10,13,15,17-19,21-23,25-29H2,1-2H3,(H,36,39)(H,37,40)(H,42,43)/b7-5-,12-11-,16-14-,24-20-. The molecule has 0 aliphatic rings. The zero-order chi connectivity index (χ0) is 32.7. The normalized spacial score (nSPS) is 13.2. The zero-order valence-corrected chi connectivity index (χ0v) is 27.1. The lowest BCUT2D eigenvalue weighted by Crippen LogP contribution is -2.47. The van der Waals surface area contributed by atoms with Gasteiger partial charge in [0, 0.05) is 12.8 Å². The number of aliphatic hydroxyl groups excluding tert-OH is 1. The summed E-state index contributed by atoms with van der Waals surface area (Å²) < 4.78 is 5.79. The molecule has 4 N–H and O–H groups in total. The highest BCUT2D eigenvalue weighted by atomic mass is 16.5. The fraction of sp³-hybridized carbons (Fsp3) is 0.657. The molecule has 2 amide bonds. The van der Waals surface area contributed by atoms with Crippen molar-refractivity contribution >= 4 is 23.8 Å². The summed E-state index contributed by atoms with van der Waals surface area (Å²) in [6, 6.07) is -1.40. The van der Waals surface area contributed by atoms with Gasteiger partial charge in [-0.05, 0) is 57.4 Å². The summed E-state index contributed by atoms with van der Waals surface area (Å²) in [6.45, 7) is 3.23. The molecule has 0 aliphatic heterocycles. The second-order valence-corrected chi connectivity index (χ2v) is 10.9. The molecule has 0 rings (SSSR count). The molecule has 0 heterocycles. The molecular weight excluding hydrogens is 560 g/mol. The lowest BCUT2D eigenvalue weighted by molar-refractivity contribution is -0.147. The molecule has 44 heavy (non-hydrogen) atoms. The third-order valence-electron chi connectivity index (χ3n) is 6.82. The van der Waals surface area contributed by atoms with Crippen molar-refractivity contribution < 1.29 is 34.1 Å². The van der Waals surface area contributed by atoms with Crippen molar-refractivity contribution in [3.8, 4) is 0 Å². The van der Waals surface area contributed by atoms with Crippen LogP contribution in [0.25, 0.3) is 0 Å². The minimum absolute atomic E-state index is 0.171. The van der Waals surface area contributed by atoms with Crippen LogP contribution >= 0.6 is 0 Å². The van der Waals surface area contributed by atoms with E-state index in [-0.39, 0.29) is 30.9 Å². The molecule has 0 aromatic carbocycles. The molecule has 250 valence electrons. The average molecular weight is 619 g/mol. The highest BCUT2D eigenvalue weighted by Gasteiger charge is 2.18. The van der Waals surface area contributed by atoms with Crippen LogP contribution in [0.15, 0.2) is 48.6 Å². The smallest absolute Gasteiger partial charge is 0.328 e. The van der Waals surface area contributed by atoms with Gasteiger partial charge in [0.1, 0.15) is 12.1 Å². The number of carbonyl (C=O) groups excluding carboxylic acids is 3. The Hall–Kier alpha value is -3.20. The monoisotopic (exact) mass is 618 g/mol. The van der Waals surface area contributed by atoms with E-state index in [9.17, 15) is 19.2 Å². The van der Waals surface area contributed by atoms with Crippen LogP contribution in [0.1, 0.15) is 123 Å². The first-order valence-corrected chi connectivity index (χ1v) is 16.5. The van der Waals surface area contributed by atoms with E-state index in [0.29, 0.717) is 19.3 Å². The molecule has 0 aliphatic carbocycles. The van der Waals surface area contributed by atoms with Crippen molar-refractivity contribution in [1.29, 1.82) is 0 Å². The third-order valence-corrected chi connectivity index (χ3v) is 6.82. The largest absolute Gasteiger partial charge is 0.480 e. The van der Waals surface area contributed by atoms with Crippen molar-refractivity contribution in [3.05, 3.63) is 48.6 Å². The lowest BCUT2D eigenvalue weighted by Gasteiger charge is -2.15. The predicted octanol–water partition coefficient (Wildman–Crippen LogP) is 6.47. The second kappa shape index (κ2) is 29.9. The van der Waals surface area contributed by atoms with E-state index >= 15 is 0 Å². The number of unbranched alkanes of at least 4 members (excludes halogenated alkanes) is 8. The molecule has 0 saturated heterocycles. The number of hydrogen-bond donors (Lipinski definition) is 4. The SMILES string of the molecule is CC/C=C\C/C=C\C/C=C\C/C=C\C(CCCCCC(=O)NCC(=O)NC(CO)C(=O)O)OC(=O)CCCCCCCCC. The van der Waals surface area contributed by atoms with E-state index in [4.69, 9.17) is 14.9 Å². The Balaban J connectivity index is 4.54. The Bertz CT molecular complexity index is 896. The molecule has 9 heteroatoms. The number of carboxylic acids is 1. The molecule has 0 spiro atoms. The van der Waals surface area contributed by atoms with Gasteiger partial charge in [0.25, 0.3) is 0 Å². The minimum Gasteiger partial charge on any atom is -0.480 e. The maximum Gasteiger partial charge on any atom is 0.328 e. The second-order valence-electron chi connectivity index (χ2n) is 10.9. The van der Waals surface area contributed by atoms with E-state index in [1.165, 1.54) is 25.7 Å². The maximum absolute atomic E-state index is 12.5. The lowest BCUT2D eigenvalue weighted by atomic mass is 10.1. The molecule has 9 nitrogen and oxygen atoms in total. The van der Waals surface area contributed by atoms with Crippen LogP contribution < -0.4 is 10.6 Å². The van der Waals surface area contributed by atoms with Crippen LogP contribution in [0.3, 0.4) is 0 Å². The van der Waals surface area contributed by atoms with Gasteiger partial charge in [0.15, 0.2) is 0 Å². The van der Waals surface area contributed by atoms with E-state index in [1.54, 1.807) is 0 Å². The molecule has 0 radical (unpaired) electrons. The van der Waals surface area contributed by atoms with Gasteiger partial charge < -0.3 is 25.6 Å². The maximum atomic E-state index is 12.5. The number of carbonyl (C=O) groups is 4. The number of aliphatic carboxylic acids is 1. The van der Waals surface area contributed by atoms with Crippen molar-refractivity contribution in [2.45, 2.75) is 135 Å². The minimum atomic E-state index is -1.40. The number of rotatable bonds is 28. The zero-order valence-electron chi connectivity index (χ0n) is 27.1.